The number of ether oxygens (including phenoxy) is 1. The van der Waals surface area contributed by atoms with Gasteiger partial charge in [0.15, 0.2) is 0 Å². The van der Waals surface area contributed by atoms with E-state index >= 15 is 0 Å². The van der Waals surface area contributed by atoms with Gasteiger partial charge in [0.05, 0.1) is 18.4 Å². The summed E-state index contributed by atoms with van der Waals surface area (Å²) in [6, 6.07) is 21.1. The first-order valence-electron chi connectivity index (χ1n) is 10.1. The van der Waals surface area contributed by atoms with Gasteiger partial charge in [-0.25, -0.2) is 9.69 Å². The van der Waals surface area contributed by atoms with Crippen LogP contribution in [0.4, 0.5) is 17.1 Å². The van der Waals surface area contributed by atoms with E-state index in [1.165, 1.54) is 19.2 Å². The van der Waals surface area contributed by atoms with Crippen molar-refractivity contribution in [3.63, 3.8) is 0 Å². The van der Waals surface area contributed by atoms with Crippen LogP contribution in [0.25, 0.3) is 0 Å². The lowest BCUT2D eigenvalue weighted by molar-refractivity contribution is -0.120. The van der Waals surface area contributed by atoms with Crippen molar-refractivity contribution in [1.29, 1.82) is 0 Å². The van der Waals surface area contributed by atoms with Gasteiger partial charge in [0, 0.05) is 16.9 Å². The molecule has 0 aromatic heterocycles. The Balaban J connectivity index is 1.52. The molecule has 170 valence electrons. The molecule has 8 nitrogen and oxygen atoms in total. The first-order valence-corrected chi connectivity index (χ1v) is 10.5. The maximum atomic E-state index is 12.9. The highest BCUT2D eigenvalue weighted by Gasteiger charge is 2.38. The van der Waals surface area contributed by atoms with Crippen molar-refractivity contribution >= 4 is 52.4 Å². The van der Waals surface area contributed by atoms with Crippen molar-refractivity contribution in [2.45, 2.75) is 0 Å². The molecule has 1 aliphatic rings. The van der Waals surface area contributed by atoms with Gasteiger partial charge in [0.1, 0.15) is 10.7 Å². The Labute approximate surface area is 199 Å². The largest absolute Gasteiger partial charge is 0.465 e. The highest BCUT2D eigenvalue weighted by Crippen LogP contribution is 2.30. The van der Waals surface area contributed by atoms with Gasteiger partial charge in [-0.2, -0.15) is 0 Å². The number of esters is 1. The van der Waals surface area contributed by atoms with Crippen LogP contribution in [0, 0.1) is 0 Å². The third-order valence-corrected chi connectivity index (χ3v) is 5.33. The minimum Gasteiger partial charge on any atom is -0.465 e. The Morgan fingerprint density at radius 1 is 0.824 bits per heavy atom. The van der Waals surface area contributed by atoms with Crippen molar-refractivity contribution in [1.82, 2.24) is 0 Å². The summed E-state index contributed by atoms with van der Waals surface area (Å²) in [7, 11) is 1.27. The van der Waals surface area contributed by atoms with E-state index in [0.717, 1.165) is 4.90 Å². The molecule has 0 spiro atoms. The maximum absolute atomic E-state index is 12.9. The Bertz CT molecular complexity index is 1340. The Kier molecular flexibility index (Phi) is 6.42. The fraction of sp³-hybridized carbons (Fsp3) is 0.0400. The summed E-state index contributed by atoms with van der Waals surface area (Å²) in [5.41, 5.74) is 1.69. The molecule has 3 aromatic rings. The predicted molar refractivity (Wildman–Crippen MR) is 128 cm³/mol. The molecule has 9 heteroatoms. The highest BCUT2D eigenvalue weighted by molar-refractivity contribution is 6.53. The van der Waals surface area contributed by atoms with Crippen LogP contribution >= 0.6 is 11.6 Å². The minimum absolute atomic E-state index is 0.0844. The fourth-order valence-corrected chi connectivity index (χ4v) is 3.56. The minimum atomic E-state index is -0.639. The number of hydrogen-bond donors (Lipinski definition) is 2. The maximum Gasteiger partial charge on any atom is 0.337 e. The summed E-state index contributed by atoms with van der Waals surface area (Å²) in [6.45, 7) is 0. The lowest BCUT2D eigenvalue weighted by Crippen LogP contribution is -2.32. The number of anilines is 3. The summed E-state index contributed by atoms with van der Waals surface area (Å²) >= 11 is 6.17. The van der Waals surface area contributed by atoms with Crippen molar-refractivity contribution < 1.29 is 23.9 Å². The van der Waals surface area contributed by atoms with Crippen LogP contribution < -0.4 is 15.5 Å². The van der Waals surface area contributed by atoms with E-state index in [9.17, 15) is 19.2 Å². The number of hydrogen-bond acceptors (Lipinski definition) is 6. The van der Waals surface area contributed by atoms with Gasteiger partial charge >= 0.3 is 5.97 Å². The topological polar surface area (TPSA) is 105 Å². The molecule has 2 N–H and O–H groups in total. The van der Waals surface area contributed by atoms with Crippen LogP contribution in [0.15, 0.2) is 89.6 Å². The van der Waals surface area contributed by atoms with Crippen molar-refractivity contribution in [3.8, 4) is 0 Å². The smallest absolute Gasteiger partial charge is 0.337 e. The lowest BCUT2D eigenvalue weighted by atomic mass is 10.1. The number of para-hydroxylation sites is 1. The standard InChI is InChI=1S/C25H18ClN3O5/c1-34-25(33)16-8-6-10-18(14-16)28-22(30)15-7-5-9-17(13-15)27-21-20(26)23(31)29(24(21)32)19-11-3-2-4-12-19/h2-14,27H,1H3,(H,28,30). The second kappa shape index (κ2) is 9.60. The summed E-state index contributed by atoms with van der Waals surface area (Å²) < 4.78 is 4.69. The summed E-state index contributed by atoms with van der Waals surface area (Å²) in [4.78, 5) is 50.9. The predicted octanol–water partition coefficient (Wildman–Crippen LogP) is 4.16. The summed E-state index contributed by atoms with van der Waals surface area (Å²) in [5.74, 6) is -2.20. The molecular weight excluding hydrogens is 458 g/mol. The zero-order chi connectivity index (χ0) is 24.2. The first kappa shape index (κ1) is 22.8. The number of benzene rings is 3. The molecule has 1 aliphatic heterocycles. The average Bonchev–Trinajstić information content (AvgIpc) is 3.07. The molecule has 0 bridgehead atoms. The molecule has 0 fully saturated rings. The van der Waals surface area contributed by atoms with Crippen LogP contribution in [0.3, 0.4) is 0 Å². The number of carbonyl (C=O) groups excluding carboxylic acids is 4. The summed E-state index contributed by atoms with van der Waals surface area (Å²) in [6.07, 6.45) is 0. The van der Waals surface area contributed by atoms with Gasteiger partial charge in [-0.05, 0) is 48.5 Å². The molecule has 0 saturated heterocycles. The average molecular weight is 476 g/mol. The van der Waals surface area contributed by atoms with E-state index in [0.29, 0.717) is 22.6 Å². The normalized spacial score (nSPS) is 13.2. The third-order valence-electron chi connectivity index (χ3n) is 4.98. The van der Waals surface area contributed by atoms with Gasteiger partial charge < -0.3 is 15.4 Å². The lowest BCUT2D eigenvalue weighted by Gasteiger charge is -2.15. The Hall–Kier alpha value is -4.43. The van der Waals surface area contributed by atoms with Gasteiger partial charge in [0.25, 0.3) is 17.7 Å². The SMILES string of the molecule is COC(=O)c1cccc(NC(=O)c2cccc(NC3=C(Cl)C(=O)N(c4ccccc4)C3=O)c2)c1. The molecule has 1 heterocycles. The second-order valence-corrected chi connectivity index (χ2v) is 7.58. The number of nitrogens with one attached hydrogen (secondary N) is 2. The molecule has 0 saturated carbocycles. The molecule has 0 radical (unpaired) electrons. The summed E-state index contributed by atoms with van der Waals surface area (Å²) in [5, 5.41) is 5.32. The van der Waals surface area contributed by atoms with E-state index in [1.807, 2.05) is 0 Å². The number of nitrogens with zero attached hydrogens (tertiary/aromatic N) is 1. The number of halogens is 1. The Morgan fingerprint density at radius 3 is 2.18 bits per heavy atom. The molecule has 0 atom stereocenters. The zero-order valence-electron chi connectivity index (χ0n) is 17.9. The molecule has 0 aliphatic carbocycles. The molecule has 3 amide bonds. The van der Waals surface area contributed by atoms with Crippen LogP contribution in [0.5, 0.6) is 0 Å². The van der Waals surface area contributed by atoms with Gasteiger partial charge in [0.2, 0.25) is 0 Å². The quantitative estimate of drug-likeness (QED) is 0.409. The number of methoxy groups -OCH3 is 1. The monoisotopic (exact) mass is 475 g/mol. The van der Waals surface area contributed by atoms with Crippen molar-refractivity contribution in [3.05, 3.63) is 101 Å². The van der Waals surface area contributed by atoms with E-state index in [1.54, 1.807) is 66.7 Å². The highest BCUT2D eigenvalue weighted by atomic mass is 35.5. The zero-order valence-corrected chi connectivity index (χ0v) is 18.6. The fourth-order valence-electron chi connectivity index (χ4n) is 3.35. The van der Waals surface area contributed by atoms with Crippen LogP contribution in [0.1, 0.15) is 20.7 Å². The van der Waals surface area contributed by atoms with Crippen LogP contribution in [-0.2, 0) is 14.3 Å². The van der Waals surface area contributed by atoms with E-state index in [-0.39, 0.29) is 16.3 Å². The number of amides is 3. The van der Waals surface area contributed by atoms with E-state index in [4.69, 9.17) is 16.3 Å². The van der Waals surface area contributed by atoms with E-state index in [2.05, 4.69) is 10.6 Å². The van der Waals surface area contributed by atoms with E-state index < -0.39 is 23.7 Å². The first-order chi connectivity index (χ1) is 16.4. The van der Waals surface area contributed by atoms with Gasteiger partial charge in [-0.1, -0.05) is 41.9 Å². The number of imide groups is 1. The molecule has 0 unspecified atom stereocenters. The molecule has 34 heavy (non-hydrogen) atoms. The third kappa shape index (κ3) is 4.53. The van der Waals surface area contributed by atoms with Gasteiger partial charge in [-0.3, -0.25) is 14.4 Å². The molecule has 3 aromatic carbocycles. The Morgan fingerprint density at radius 2 is 1.47 bits per heavy atom. The molecule has 4 rings (SSSR count). The number of carbonyl (C=O) groups is 4. The van der Waals surface area contributed by atoms with Gasteiger partial charge in [-0.15, -0.1) is 0 Å². The number of rotatable bonds is 6. The van der Waals surface area contributed by atoms with Crippen LogP contribution in [-0.4, -0.2) is 30.8 Å². The molecular formula is C25H18ClN3O5. The second-order valence-electron chi connectivity index (χ2n) is 7.20. The van der Waals surface area contributed by atoms with Crippen LogP contribution in [0.2, 0.25) is 0 Å². The van der Waals surface area contributed by atoms with Crippen molar-refractivity contribution in [2.75, 3.05) is 22.6 Å². The van der Waals surface area contributed by atoms with Crippen molar-refractivity contribution in [2.24, 2.45) is 0 Å².